The second-order valence-corrected chi connectivity index (χ2v) is 9.47. The van der Waals surface area contributed by atoms with Crippen molar-refractivity contribution in [2.24, 2.45) is 0 Å². The molecule has 1 aromatic heterocycles. The summed E-state index contributed by atoms with van der Waals surface area (Å²) < 4.78 is 33.1. The Morgan fingerprint density at radius 3 is 2.46 bits per heavy atom. The molecule has 202 valence electrons. The van der Waals surface area contributed by atoms with Crippen molar-refractivity contribution < 1.29 is 18.3 Å². The molecule has 0 bridgehead atoms. The highest BCUT2D eigenvalue weighted by atomic mass is 19.1. The zero-order chi connectivity index (χ0) is 27.0. The summed E-state index contributed by atoms with van der Waals surface area (Å²) >= 11 is 0. The Morgan fingerprint density at radius 2 is 1.67 bits per heavy atom. The van der Waals surface area contributed by atoms with Crippen molar-refractivity contribution in [3.63, 3.8) is 0 Å². The molecule has 3 aromatic carbocycles. The van der Waals surface area contributed by atoms with Crippen molar-refractivity contribution in [2.75, 3.05) is 56.2 Å². The number of carbonyl (C=O) groups excluding carboxylic acids is 1. The Labute approximate surface area is 226 Å². The number of rotatable bonds is 10. The van der Waals surface area contributed by atoms with Gasteiger partial charge in [0, 0.05) is 50.1 Å². The Hall–Kier alpha value is -3.95. The number of nitrogens with zero attached hydrogens (tertiary/aromatic N) is 4. The van der Waals surface area contributed by atoms with Crippen LogP contribution in [0.25, 0.3) is 22.3 Å². The van der Waals surface area contributed by atoms with Crippen LogP contribution in [0, 0.1) is 11.6 Å². The van der Waals surface area contributed by atoms with Gasteiger partial charge in [-0.05, 0) is 55.0 Å². The Bertz CT molecular complexity index is 1410. The van der Waals surface area contributed by atoms with Gasteiger partial charge < -0.3 is 15.0 Å². The first-order valence-corrected chi connectivity index (χ1v) is 13.2. The van der Waals surface area contributed by atoms with E-state index in [1.54, 1.807) is 30.3 Å². The van der Waals surface area contributed by atoms with Gasteiger partial charge in [-0.3, -0.25) is 9.69 Å². The molecule has 5 rings (SSSR count). The van der Waals surface area contributed by atoms with Crippen molar-refractivity contribution >= 4 is 28.3 Å². The first kappa shape index (κ1) is 26.6. The van der Waals surface area contributed by atoms with E-state index in [0.717, 1.165) is 50.2 Å². The van der Waals surface area contributed by atoms with Gasteiger partial charge in [0.25, 0.3) is 0 Å². The summed E-state index contributed by atoms with van der Waals surface area (Å²) in [5.74, 6) is 0.109. The predicted octanol–water partition coefficient (Wildman–Crippen LogP) is 5.13. The number of amides is 1. The van der Waals surface area contributed by atoms with Crippen molar-refractivity contribution in [2.45, 2.75) is 12.8 Å². The van der Waals surface area contributed by atoms with Gasteiger partial charge in [0.15, 0.2) is 5.82 Å². The van der Waals surface area contributed by atoms with Crippen molar-refractivity contribution in [3.8, 4) is 11.4 Å². The van der Waals surface area contributed by atoms with Crippen LogP contribution >= 0.6 is 0 Å². The average molecular weight is 532 g/mol. The zero-order valence-electron chi connectivity index (χ0n) is 21.7. The number of nitrogens with one attached hydrogen (secondary N) is 1. The Kier molecular flexibility index (Phi) is 8.70. The minimum absolute atomic E-state index is 0.149. The largest absolute Gasteiger partial charge is 0.379 e. The first-order chi connectivity index (χ1) is 19.1. The summed E-state index contributed by atoms with van der Waals surface area (Å²) in [5, 5.41) is 3.54. The number of hydrogen-bond donors (Lipinski definition) is 1. The molecule has 0 saturated carbocycles. The molecule has 1 aliphatic rings. The molecule has 4 aromatic rings. The fourth-order valence-electron chi connectivity index (χ4n) is 4.67. The van der Waals surface area contributed by atoms with Crippen LogP contribution in [0.5, 0.6) is 0 Å². The molecule has 1 amide bonds. The van der Waals surface area contributed by atoms with Gasteiger partial charge >= 0.3 is 0 Å². The molecule has 0 atom stereocenters. The molecule has 0 spiro atoms. The quantitative estimate of drug-likeness (QED) is 0.306. The van der Waals surface area contributed by atoms with E-state index in [-0.39, 0.29) is 23.8 Å². The average Bonchev–Trinajstić information content (AvgIpc) is 2.96. The smallest absolute Gasteiger partial charge is 0.226 e. The van der Waals surface area contributed by atoms with E-state index < -0.39 is 5.82 Å². The summed E-state index contributed by atoms with van der Waals surface area (Å²) in [6.45, 7) is 5.21. The lowest BCUT2D eigenvalue weighted by Crippen LogP contribution is -2.38. The number of ether oxygens (including phenoxy) is 1. The van der Waals surface area contributed by atoms with Crippen LogP contribution in [0.15, 0.2) is 72.8 Å². The number of fused-ring (bicyclic) bond motifs is 1. The number of benzene rings is 3. The second kappa shape index (κ2) is 12.7. The van der Waals surface area contributed by atoms with Crippen LogP contribution in [-0.2, 0) is 9.53 Å². The fourth-order valence-corrected chi connectivity index (χ4v) is 4.67. The molecule has 1 fully saturated rings. The lowest BCUT2D eigenvalue weighted by Gasteiger charge is -2.29. The number of halogens is 2. The van der Waals surface area contributed by atoms with Crippen molar-refractivity contribution in [1.82, 2.24) is 14.9 Å². The van der Waals surface area contributed by atoms with Crippen LogP contribution in [0.1, 0.15) is 12.8 Å². The van der Waals surface area contributed by atoms with Crippen LogP contribution in [-0.4, -0.2) is 66.7 Å². The molecular formula is C30H31F2N5O2. The van der Waals surface area contributed by atoms with E-state index in [1.165, 1.54) is 18.2 Å². The minimum atomic E-state index is -0.473. The second-order valence-electron chi connectivity index (χ2n) is 9.47. The maximum atomic E-state index is 14.1. The maximum absolute atomic E-state index is 14.1. The molecule has 1 N–H and O–H groups in total. The standard InChI is InChI=1S/C30H31F2N5O2/c31-23-12-10-22(11-13-23)29-34-26-8-3-1-6-24(26)30(35-29)37(16-5-15-36-18-20-39-21-19-36)17-14-28(38)33-27-9-4-2-7-25(27)32/h1-4,6-13H,5,14-21H2,(H,33,38). The van der Waals surface area contributed by atoms with E-state index in [1.807, 2.05) is 24.3 Å². The predicted molar refractivity (Wildman–Crippen MR) is 149 cm³/mol. The number of hydrogen-bond acceptors (Lipinski definition) is 6. The van der Waals surface area contributed by atoms with Crippen LogP contribution in [0.3, 0.4) is 0 Å². The molecule has 0 aliphatic carbocycles. The SMILES string of the molecule is O=C(CCN(CCCN1CCOCC1)c1nc(-c2ccc(F)cc2)nc2ccccc12)Nc1ccccc1F. The molecule has 1 aliphatic heterocycles. The van der Waals surface area contributed by atoms with E-state index in [2.05, 4.69) is 15.1 Å². The third-order valence-corrected chi connectivity index (χ3v) is 6.75. The maximum Gasteiger partial charge on any atom is 0.226 e. The molecule has 39 heavy (non-hydrogen) atoms. The van der Waals surface area contributed by atoms with Crippen LogP contribution in [0.4, 0.5) is 20.3 Å². The fraction of sp³-hybridized carbons (Fsp3) is 0.300. The topological polar surface area (TPSA) is 70.6 Å². The number of carbonyl (C=O) groups is 1. The molecule has 0 unspecified atom stereocenters. The van der Waals surface area contributed by atoms with E-state index in [0.29, 0.717) is 30.3 Å². The normalized spacial score (nSPS) is 13.9. The molecule has 2 heterocycles. The van der Waals surface area contributed by atoms with Gasteiger partial charge in [0.1, 0.15) is 17.5 Å². The highest BCUT2D eigenvalue weighted by Crippen LogP contribution is 2.28. The van der Waals surface area contributed by atoms with Crippen LogP contribution < -0.4 is 10.2 Å². The summed E-state index contributed by atoms with van der Waals surface area (Å²) in [6.07, 6.45) is 1.01. The Balaban J connectivity index is 1.41. The van der Waals surface area contributed by atoms with Gasteiger partial charge in [-0.15, -0.1) is 0 Å². The van der Waals surface area contributed by atoms with Gasteiger partial charge in [0.05, 0.1) is 24.4 Å². The molecular weight excluding hydrogens is 500 g/mol. The number of para-hydroxylation sites is 2. The summed E-state index contributed by atoms with van der Waals surface area (Å²) in [5.41, 5.74) is 1.62. The number of morpholine rings is 1. The molecule has 7 nitrogen and oxygen atoms in total. The highest BCUT2D eigenvalue weighted by Gasteiger charge is 2.18. The summed E-state index contributed by atoms with van der Waals surface area (Å²) in [4.78, 5) is 26.9. The summed E-state index contributed by atoms with van der Waals surface area (Å²) in [6, 6.07) is 20.0. The minimum Gasteiger partial charge on any atom is -0.379 e. The molecule has 1 saturated heterocycles. The third-order valence-electron chi connectivity index (χ3n) is 6.75. The summed E-state index contributed by atoms with van der Waals surface area (Å²) in [7, 11) is 0. The number of aromatic nitrogens is 2. The highest BCUT2D eigenvalue weighted by molar-refractivity contribution is 5.93. The van der Waals surface area contributed by atoms with Crippen molar-refractivity contribution in [3.05, 3.63) is 84.4 Å². The first-order valence-electron chi connectivity index (χ1n) is 13.2. The number of anilines is 2. The van der Waals surface area contributed by atoms with E-state index >= 15 is 0 Å². The van der Waals surface area contributed by atoms with Gasteiger partial charge in [-0.1, -0.05) is 24.3 Å². The van der Waals surface area contributed by atoms with Crippen LogP contribution in [0.2, 0.25) is 0 Å². The van der Waals surface area contributed by atoms with Gasteiger partial charge in [-0.2, -0.15) is 0 Å². The Morgan fingerprint density at radius 1 is 0.923 bits per heavy atom. The third kappa shape index (κ3) is 6.93. The molecule has 0 radical (unpaired) electrons. The molecule has 9 heteroatoms. The lowest BCUT2D eigenvalue weighted by molar-refractivity contribution is -0.116. The lowest BCUT2D eigenvalue weighted by atomic mass is 10.1. The zero-order valence-corrected chi connectivity index (χ0v) is 21.7. The van der Waals surface area contributed by atoms with Gasteiger partial charge in [0.2, 0.25) is 5.91 Å². The van der Waals surface area contributed by atoms with Crippen molar-refractivity contribution in [1.29, 1.82) is 0 Å². The van der Waals surface area contributed by atoms with E-state index in [4.69, 9.17) is 14.7 Å². The van der Waals surface area contributed by atoms with E-state index in [9.17, 15) is 13.6 Å². The van der Waals surface area contributed by atoms with Gasteiger partial charge in [-0.25, -0.2) is 18.7 Å². The monoisotopic (exact) mass is 531 g/mol.